The zero-order chi connectivity index (χ0) is 22.9. The van der Waals surface area contributed by atoms with Crippen LogP contribution in [0.1, 0.15) is 20.3 Å². The number of amidine groups is 1. The Morgan fingerprint density at radius 3 is 2.91 bits per heavy atom. The van der Waals surface area contributed by atoms with Crippen LogP contribution in [0.2, 0.25) is 0 Å². The molecule has 3 aliphatic rings. The van der Waals surface area contributed by atoms with Gasteiger partial charge in [0, 0.05) is 23.5 Å². The number of fused-ring (bicyclic) bond motifs is 2. The van der Waals surface area contributed by atoms with Crippen molar-refractivity contribution in [3.8, 4) is 17.6 Å². The molecule has 0 aromatic heterocycles. The molecule has 170 valence electrons. The van der Waals surface area contributed by atoms with E-state index < -0.39 is 15.7 Å². The first-order valence-electron chi connectivity index (χ1n) is 10.3. The highest BCUT2D eigenvalue weighted by Gasteiger charge is 2.49. The second kappa shape index (κ2) is 9.03. The maximum atomic E-state index is 12.3. The third-order valence-corrected chi connectivity index (χ3v) is 8.60. The molecular formula is C21H24N4O5S2. The number of thioether (sulfide) groups is 1. The van der Waals surface area contributed by atoms with Crippen molar-refractivity contribution in [2.75, 3.05) is 29.7 Å². The Morgan fingerprint density at radius 1 is 1.38 bits per heavy atom. The number of carbonyl (C=O) groups excluding carboxylic acids is 1. The van der Waals surface area contributed by atoms with E-state index in [1.54, 1.807) is 12.1 Å². The van der Waals surface area contributed by atoms with Gasteiger partial charge >= 0.3 is 0 Å². The summed E-state index contributed by atoms with van der Waals surface area (Å²) in [4.78, 5) is 18.6. The molecule has 2 saturated heterocycles. The van der Waals surface area contributed by atoms with Crippen molar-refractivity contribution >= 4 is 38.4 Å². The molecule has 32 heavy (non-hydrogen) atoms. The number of hydrogen-bond acceptors (Lipinski definition) is 8. The summed E-state index contributed by atoms with van der Waals surface area (Å²) in [6, 6.07) is 7.00. The van der Waals surface area contributed by atoms with Crippen LogP contribution in [-0.4, -0.2) is 55.6 Å². The van der Waals surface area contributed by atoms with E-state index in [1.807, 2.05) is 17.0 Å². The molecule has 0 unspecified atom stereocenters. The molecule has 0 aliphatic carbocycles. The van der Waals surface area contributed by atoms with Gasteiger partial charge in [-0.15, -0.1) is 0 Å². The number of rotatable bonds is 6. The highest BCUT2D eigenvalue weighted by atomic mass is 32.2. The Morgan fingerprint density at radius 2 is 2.16 bits per heavy atom. The number of anilines is 1. The average molecular weight is 477 g/mol. The van der Waals surface area contributed by atoms with E-state index in [2.05, 4.69) is 24.2 Å². The molecule has 0 radical (unpaired) electrons. The number of sulfone groups is 1. The molecule has 0 bridgehead atoms. The maximum Gasteiger partial charge on any atom is 0.263 e. The second-order valence-corrected chi connectivity index (χ2v) is 11.6. The molecule has 1 aromatic carbocycles. The van der Waals surface area contributed by atoms with Gasteiger partial charge in [-0.3, -0.25) is 4.79 Å². The third-order valence-electron chi connectivity index (χ3n) is 5.38. The summed E-state index contributed by atoms with van der Waals surface area (Å²) in [5.74, 6) is 1.24. The Labute approximate surface area is 191 Å². The van der Waals surface area contributed by atoms with Crippen LogP contribution in [0.15, 0.2) is 35.0 Å². The first-order valence-corrected chi connectivity index (χ1v) is 13.0. The van der Waals surface area contributed by atoms with Crippen LogP contribution in [-0.2, 0) is 14.6 Å². The molecule has 9 nitrogen and oxygen atoms in total. The van der Waals surface area contributed by atoms with Crippen molar-refractivity contribution in [2.24, 2.45) is 10.9 Å². The fourth-order valence-electron chi connectivity index (χ4n) is 3.74. The van der Waals surface area contributed by atoms with Gasteiger partial charge in [0.15, 0.2) is 26.5 Å². The van der Waals surface area contributed by atoms with Gasteiger partial charge in [0.25, 0.3) is 5.91 Å². The number of benzene rings is 1. The number of hydrogen-bond donors (Lipinski definition) is 1. The third kappa shape index (κ3) is 4.71. The van der Waals surface area contributed by atoms with E-state index in [0.717, 1.165) is 12.1 Å². The summed E-state index contributed by atoms with van der Waals surface area (Å²) in [7, 11) is -3.15. The van der Waals surface area contributed by atoms with Gasteiger partial charge in [0.05, 0.1) is 23.7 Å². The fourth-order valence-corrected chi connectivity index (χ4v) is 7.63. The molecule has 4 rings (SSSR count). The lowest BCUT2D eigenvalue weighted by Gasteiger charge is -2.24. The lowest BCUT2D eigenvalue weighted by Crippen LogP contribution is -2.37. The smallest absolute Gasteiger partial charge is 0.263 e. The van der Waals surface area contributed by atoms with Crippen LogP contribution in [0, 0.1) is 17.2 Å². The van der Waals surface area contributed by atoms with E-state index in [1.165, 1.54) is 18.0 Å². The summed E-state index contributed by atoms with van der Waals surface area (Å²) in [6.45, 7) is 4.72. The number of nitriles is 1. The molecule has 2 atom stereocenters. The van der Waals surface area contributed by atoms with Crippen LogP contribution in [0.3, 0.4) is 0 Å². The SMILES string of the molecule is CC(C)CCNC(=O)/C(C#N)=C/N=C1S[C@H]2CS(=O)(=O)C[C@H]2N1c1ccc2c(c1)OCO2. The summed E-state index contributed by atoms with van der Waals surface area (Å²) >= 11 is 1.34. The van der Waals surface area contributed by atoms with Crippen LogP contribution in [0.5, 0.6) is 11.5 Å². The van der Waals surface area contributed by atoms with Crippen molar-refractivity contribution in [3.05, 3.63) is 30.0 Å². The van der Waals surface area contributed by atoms with Gasteiger partial charge in [0.2, 0.25) is 6.79 Å². The van der Waals surface area contributed by atoms with Gasteiger partial charge in [0.1, 0.15) is 11.6 Å². The molecule has 1 N–H and O–H groups in total. The molecule has 1 aromatic rings. The summed E-state index contributed by atoms with van der Waals surface area (Å²) in [6.07, 6.45) is 2.06. The first-order chi connectivity index (χ1) is 15.3. The summed E-state index contributed by atoms with van der Waals surface area (Å²) in [5, 5.41) is 12.5. The van der Waals surface area contributed by atoms with E-state index in [4.69, 9.17) is 9.47 Å². The van der Waals surface area contributed by atoms with Crippen molar-refractivity contribution in [2.45, 2.75) is 31.6 Å². The van der Waals surface area contributed by atoms with Crippen molar-refractivity contribution in [1.29, 1.82) is 5.26 Å². The fraction of sp³-hybridized carbons (Fsp3) is 0.476. The topological polar surface area (TPSA) is 121 Å². The minimum atomic E-state index is -3.15. The number of aliphatic imine (C=N–C) groups is 1. The Balaban J connectivity index is 1.61. The number of carbonyl (C=O) groups is 1. The molecule has 1 amide bonds. The predicted molar refractivity (Wildman–Crippen MR) is 122 cm³/mol. The zero-order valence-electron chi connectivity index (χ0n) is 17.8. The van der Waals surface area contributed by atoms with E-state index in [0.29, 0.717) is 29.1 Å². The van der Waals surface area contributed by atoms with Crippen molar-refractivity contribution in [3.63, 3.8) is 0 Å². The molecule has 3 aliphatic heterocycles. The van der Waals surface area contributed by atoms with Gasteiger partial charge in [-0.05, 0) is 24.5 Å². The largest absolute Gasteiger partial charge is 0.454 e. The normalized spacial score (nSPS) is 24.6. The molecule has 11 heteroatoms. The Hall–Kier alpha value is -2.71. The second-order valence-electron chi connectivity index (χ2n) is 8.21. The van der Waals surface area contributed by atoms with Gasteiger partial charge in [-0.2, -0.15) is 5.26 Å². The van der Waals surface area contributed by atoms with E-state index >= 15 is 0 Å². The minimum absolute atomic E-state index is 0.0165. The number of nitrogens with zero attached hydrogens (tertiary/aromatic N) is 3. The van der Waals surface area contributed by atoms with Gasteiger partial charge in [-0.1, -0.05) is 25.6 Å². The highest BCUT2D eigenvalue weighted by Crippen LogP contribution is 2.43. The number of ether oxygens (including phenoxy) is 2. The van der Waals surface area contributed by atoms with Gasteiger partial charge < -0.3 is 19.7 Å². The average Bonchev–Trinajstić information content (AvgIpc) is 3.39. The van der Waals surface area contributed by atoms with Crippen LogP contribution < -0.4 is 19.7 Å². The van der Waals surface area contributed by atoms with Crippen LogP contribution >= 0.6 is 11.8 Å². The van der Waals surface area contributed by atoms with E-state index in [-0.39, 0.29) is 35.2 Å². The standard InChI is InChI=1S/C21H24N4O5S2/c1-13(2)5-6-23-20(26)14(8-22)9-24-21-25(16-10-32(27,28)11-19(16)31-21)15-3-4-17-18(7-15)30-12-29-17/h3-4,7,9,13,16,19H,5-6,10-12H2,1-2H3,(H,23,26)/b14-9+,24-21?/t16-,19+/m1/s1. The van der Waals surface area contributed by atoms with E-state index in [9.17, 15) is 18.5 Å². The highest BCUT2D eigenvalue weighted by molar-refractivity contribution is 8.16. The van der Waals surface area contributed by atoms with Gasteiger partial charge in [-0.25, -0.2) is 13.4 Å². The summed E-state index contributed by atoms with van der Waals surface area (Å²) < 4.78 is 35.3. The molecule has 0 spiro atoms. The number of nitrogens with one attached hydrogen (secondary N) is 1. The quantitative estimate of drug-likeness (QED) is 0.489. The maximum absolute atomic E-state index is 12.3. The Bertz CT molecular complexity index is 1120. The number of amides is 1. The lowest BCUT2D eigenvalue weighted by molar-refractivity contribution is -0.117. The first kappa shape index (κ1) is 22.5. The predicted octanol–water partition coefficient (Wildman–Crippen LogP) is 2.06. The molecular weight excluding hydrogens is 452 g/mol. The Kier molecular flexibility index (Phi) is 6.35. The van der Waals surface area contributed by atoms with Crippen LogP contribution in [0.4, 0.5) is 5.69 Å². The molecule has 3 heterocycles. The van der Waals surface area contributed by atoms with Crippen molar-refractivity contribution < 1.29 is 22.7 Å². The summed E-state index contributed by atoms with van der Waals surface area (Å²) in [5.41, 5.74) is 0.621. The zero-order valence-corrected chi connectivity index (χ0v) is 19.4. The lowest BCUT2D eigenvalue weighted by atomic mass is 10.1. The monoisotopic (exact) mass is 476 g/mol. The molecule has 0 saturated carbocycles. The molecule has 2 fully saturated rings. The minimum Gasteiger partial charge on any atom is -0.454 e. The van der Waals surface area contributed by atoms with Crippen LogP contribution in [0.25, 0.3) is 0 Å². The van der Waals surface area contributed by atoms with Crippen molar-refractivity contribution in [1.82, 2.24) is 5.32 Å².